The van der Waals surface area contributed by atoms with Crippen LogP contribution >= 0.6 is 15.9 Å². The number of nitrogens with one attached hydrogen (secondary N) is 2. The molecule has 1 aromatic rings. The van der Waals surface area contributed by atoms with Gasteiger partial charge in [-0.3, -0.25) is 4.79 Å². The molecule has 3 N–H and O–H groups in total. The Morgan fingerprint density at radius 1 is 1.61 bits per heavy atom. The van der Waals surface area contributed by atoms with Crippen molar-refractivity contribution in [3.63, 3.8) is 0 Å². The molecule has 0 spiro atoms. The van der Waals surface area contributed by atoms with Crippen molar-refractivity contribution in [3.05, 3.63) is 21.0 Å². The van der Waals surface area contributed by atoms with Crippen LogP contribution in [0.4, 0.5) is 5.69 Å². The van der Waals surface area contributed by atoms with E-state index in [9.17, 15) is 9.90 Å². The van der Waals surface area contributed by atoms with Crippen LogP contribution in [-0.4, -0.2) is 27.4 Å². The molecule has 5 nitrogen and oxygen atoms in total. The van der Waals surface area contributed by atoms with Crippen molar-refractivity contribution >= 4 is 21.6 Å². The highest BCUT2D eigenvalue weighted by molar-refractivity contribution is 9.10. The Bertz CT molecular complexity index is 467. The summed E-state index contributed by atoms with van der Waals surface area (Å²) in [5.74, 6) is 0.693. The maximum absolute atomic E-state index is 11.3. The highest BCUT2D eigenvalue weighted by Gasteiger charge is 2.31. The lowest BCUT2D eigenvalue weighted by Crippen LogP contribution is -2.40. The van der Waals surface area contributed by atoms with E-state index in [0.29, 0.717) is 22.6 Å². The van der Waals surface area contributed by atoms with E-state index in [-0.39, 0.29) is 5.56 Å². The van der Waals surface area contributed by atoms with Gasteiger partial charge >= 0.3 is 0 Å². The van der Waals surface area contributed by atoms with E-state index in [1.807, 2.05) is 0 Å². The average molecular weight is 316 g/mol. The first-order chi connectivity index (χ1) is 8.50. The maximum atomic E-state index is 11.3. The summed E-state index contributed by atoms with van der Waals surface area (Å²) in [6.45, 7) is 2.66. The van der Waals surface area contributed by atoms with Crippen molar-refractivity contribution in [1.29, 1.82) is 0 Å². The minimum Gasteiger partial charge on any atom is -0.388 e. The summed E-state index contributed by atoms with van der Waals surface area (Å²) in [5, 5.41) is 19.6. The van der Waals surface area contributed by atoms with Crippen LogP contribution < -0.4 is 10.9 Å². The zero-order valence-corrected chi connectivity index (χ0v) is 12.0. The topological polar surface area (TPSA) is 78.0 Å². The van der Waals surface area contributed by atoms with Gasteiger partial charge in [-0.25, -0.2) is 5.10 Å². The van der Waals surface area contributed by atoms with Crippen LogP contribution in [0.3, 0.4) is 0 Å². The van der Waals surface area contributed by atoms with Gasteiger partial charge in [0.25, 0.3) is 5.56 Å². The van der Waals surface area contributed by atoms with Crippen LogP contribution in [0.5, 0.6) is 0 Å². The van der Waals surface area contributed by atoms with Crippen LogP contribution in [0.15, 0.2) is 15.5 Å². The molecule has 6 heteroatoms. The van der Waals surface area contributed by atoms with Gasteiger partial charge in [-0.05, 0) is 47.5 Å². The third-order valence-corrected chi connectivity index (χ3v) is 4.40. The number of hydrogen-bond acceptors (Lipinski definition) is 4. The second-order valence-electron chi connectivity index (χ2n) is 5.19. The summed E-state index contributed by atoms with van der Waals surface area (Å²) in [6, 6.07) is 0. The lowest BCUT2D eigenvalue weighted by Gasteiger charge is -2.35. The number of nitrogens with zero attached hydrogens (tertiary/aromatic N) is 1. The molecule has 1 aliphatic carbocycles. The van der Waals surface area contributed by atoms with Gasteiger partial charge in [0, 0.05) is 6.54 Å². The Balaban J connectivity index is 1.99. The van der Waals surface area contributed by atoms with E-state index in [2.05, 4.69) is 38.4 Å². The molecule has 1 heterocycles. The normalized spacial score (nSPS) is 28.1. The van der Waals surface area contributed by atoms with Gasteiger partial charge in [-0.15, -0.1) is 0 Å². The Morgan fingerprint density at radius 2 is 2.28 bits per heavy atom. The van der Waals surface area contributed by atoms with E-state index in [0.717, 1.165) is 25.7 Å². The van der Waals surface area contributed by atoms with Gasteiger partial charge in [0.05, 0.1) is 17.5 Å². The Kier molecular flexibility index (Phi) is 4.07. The highest BCUT2D eigenvalue weighted by Crippen LogP contribution is 2.32. The van der Waals surface area contributed by atoms with E-state index in [1.165, 1.54) is 0 Å². The van der Waals surface area contributed by atoms with Crippen molar-refractivity contribution in [2.45, 2.75) is 38.2 Å². The standard InChI is InChI=1S/C12H18BrN3O2/c1-8-2-4-12(18,5-3-8)7-14-9-6-15-16-11(17)10(9)13/h6,8,18H,2-5,7H2,1H3,(H2,14,16,17). The number of aliphatic hydroxyl groups is 1. The molecule has 0 aromatic carbocycles. The van der Waals surface area contributed by atoms with Crippen molar-refractivity contribution in [1.82, 2.24) is 10.2 Å². The molecule has 0 radical (unpaired) electrons. The van der Waals surface area contributed by atoms with Crippen molar-refractivity contribution in [2.75, 3.05) is 11.9 Å². The van der Waals surface area contributed by atoms with Gasteiger partial charge in [0.2, 0.25) is 0 Å². The molecule has 0 bridgehead atoms. The van der Waals surface area contributed by atoms with Crippen molar-refractivity contribution < 1.29 is 5.11 Å². The number of hydrogen-bond donors (Lipinski definition) is 3. The minimum atomic E-state index is -0.672. The fourth-order valence-corrected chi connectivity index (χ4v) is 2.57. The quantitative estimate of drug-likeness (QED) is 0.796. The first kappa shape index (κ1) is 13.5. The lowest BCUT2D eigenvalue weighted by molar-refractivity contribution is 0.00499. The summed E-state index contributed by atoms with van der Waals surface area (Å²) >= 11 is 3.20. The zero-order valence-electron chi connectivity index (χ0n) is 10.4. The van der Waals surface area contributed by atoms with E-state index in [1.54, 1.807) is 6.20 Å². The molecule has 1 aliphatic rings. The van der Waals surface area contributed by atoms with Gasteiger partial charge in [0.15, 0.2) is 0 Å². The Labute approximate surface area is 114 Å². The monoisotopic (exact) mass is 315 g/mol. The van der Waals surface area contributed by atoms with Crippen LogP contribution in [-0.2, 0) is 0 Å². The second kappa shape index (κ2) is 5.40. The molecule has 1 fully saturated rings. The number of aromatic nitrogens is 2. The van der Waals surface area contributed by atoms with Crippen LogP contribution in [0.25, 0.3) is 0 Å². The largest absolute Gasteiger partial charge is 0.388 e. The van der Waals surface area contributed by atoms with Crippen LogP contribution in [0.1, 0.15) is 32.6 Å². The number of aromatic amines is 1. The summed E-state index contributed by atoms with van der Waals surface area (Å²) < 4.78 is 0.422. The summed E-state index contributed by atoms with van der Waals surface area (Å²) in [4.78, 5) is 11.3. The number of halogens is 1. The fraction of sp³-hybridized carbons (Fsp3) is 0.667. The summed E-state index contributed by atoms with van der Waals surface area (Å²) in [5.41, 5.74) is -0.329. The molecule has 1 aromatic heterocycles. The van der Waals surface area contributed by atoms with Gasteiger partial charge < -0.3 is 10.4 Å². The van der Waals surface area contributed by atoms with Crippen LogP contribution in [0, 0.1) is 5.92 Å². The zero-order chi connectivity index (χ0) is 13.2. The third-order valence-electron chi connectivity index (χ3n) is 3.61. The van der Waals surface area contributed by atoms with E-state index in [4.69, 9.17) is 0 Å². The van der Waals surface area contributed by atoms with Gasteiger partial charge in [0.1, 0.15) is 4.47 Å². The number of H-pyrrole nitrogens is 1. The highest BCUT2D eigenvalue weighted by atomic mass is 79.9. The predicted octanol–water partition coefficient (Wildman–Crippen LogP) is 1.89. The molecular formula is C12H18BrN3O2. The molecule has 0 atom stereocenters. The van der Waals surface area contributed by atoms with Crippen molar-refractivity contribution in [2.24, 2.45) is 5.92 Å². The predicted molar refractivity (Wildman–Crippen MR) is 73.6 cm³/mol. The van der Waals surface area contributed by atoms with E-state index >= 15 is 0 Å². The summed E-state index contributed by atoms with van der Waals surface area (Å²) in [6.07, 6.45) is 5.24. The average Bonchev–Trinajstić information content (AvgIpc) is 2.35. The first-order valence-electron chi connectivity index (χ1n) is 6.20. The molecule has 100 valence electrons. The molecule has 0 aliphatic heterocycles. The molecule has 1 saturated carbocycles. The smallest absolute Gasteiger partial charge is 0.280 e. The Morgan fingerprint density at radius 3 is 2.94 bits per heavy atom. The van der Waals surface area contributed by atoms with E-state index < -0.39 is 5.60 Å². The number of rotatable bonds is 3. The fourth-order valence-electron chi connectivity index (χ4n) is 2.24. The molecule has 2 rings (SSSR count). The van der Waals surface area contributed by atoms with Gasteiger partial charge in [-0.2, -0.15) is 5.10 Å². The van der Waals surface area contributed by atoms with Crippen molar-refractivity contribution in [3.8, 4) is 0 Å². The SMILES string of the molecule is CC1CCC(O)(CNc2cn[nH]c(=O)c2Br)CC1. The summed E-state index contributed by atoms with van der Waals surface area (Å²) in [7, 11) is 0. The number of anilines is 1. The maximum Gasteiger partial charge on any atom is 0.280 e. The third kappa shape index (κ3) is 3.11. The molecular weight excluding hydrogens is 298 g/mol. The molecule has 0 unspecified atom stereocenters. The minimum absolute atomic E-state index is 0.274. The van der Waals surface area contributed by atoms with Gasteiger partial charge in [-0.1, -0.05) is 6.92 Å². The Hall–Kier alpha value is -0.880. The first-order valence-corrected chi connectivity index (χ1v) is 6.99. The second-order valence-corrected chi connectivity index (χ2v) is 5.98. The molecule has 0 amide bonds. The lowest BCUT2D eigenvalue weighted by atomic mass is 9.79. The molecule has 0 saturated heterocycles. The van der Waals surface area contributed by atoms with Crippen LogP contribution in [0.2, 0.25) is 0 Å². The molecule has 18 heavy (non-hydrogen) atoms.